The summed E-state index contributed by atoms with van der Waals surface area (Å²) in [7, 11) is -13.6. The summed E-state index contributed by atoms with van der Waals surface area (Å²) in [4.78, 5) is 52.7. The number of nitrogens with two attached hydrogens (primary N) is 1. The lowest BCUT2D eigenvalue weighted by atomic mass is 10.1. The van der Waals surface area contributed by atoms with Gasteiger partial charge in [-0.2, -0.15) is 13.6 Å². The van der Waals surface area contributed by atoms with Gasteiger partial charge in [-0.3, -0.25) is 9.09 Å². The fourth-order valence-corrected chi connectivity index (χ4v) is 8.20. The predicted molar refractivity (Wildman–Crippen MR) is 148 cm³/mol. The van der Waals surface area contributed by atoms with Crippen molar-refractivity contribution < 1.29 is 55.9 Å². The van der Waals surface area contributed by atoms with Gasteiger partial charge in [-0.15, -0.1) is 0 Å². The molecule has 5 atom stereocenters. The summed E-state index contributed by atoms with van der Waals surface area (Å²) < 4.78 is 59.8. The number of rotatable bonds is 13. The number of ether oxygens (including phenoxy) is 2. The van der Waals surface area contributed by atoms with Crippen molar-refractivity contribution in [1.82, 2.24) is 9.55 Å². The molecule has 21 heteroatoms. The topological polar surface area (TPSA) is 239 Å². The molecular weight excluding hydrogens is 635 g/mol. The highest BCUT2D eigenvalue weighted by atomic mass is 33.1. The Kier molecular flexibility index (Phi) is 13.0. The first-order valence-corrected chi connectivity index (χ1v) is 18.3. The Morgan fingerprint density at radius 2 is 1.88 bits per heavy atom. The minimum Gasteiger partial charge on any atom is -0.382 e. The Labute approximate surface area is 238 Å². The first-order valence-electron chi connectivity index (χ1n) is 11.5. The van der Waals surface area contributed by atoms with Crippen LogP contribution in [0.25, 0.3) is 0 Å². The van der Waals surface area contributed by atoms with Crippen LogP contribution in [0.4, 0.5) is 5.82 Å². The van der Waals surface area contributed by atoms with Crippen LogP contribution in [-0.4, -0.2) is 64.7 Å². The number of anilines is 1. The summed E-state index contributed by atoms with van der Waals surface area (Å²) >= 11 is 0. The van der Waals surface area contributed by atoms with Gasteiger partial charge in [0.15, 0.2) is 0 Å². The molecule has 0 radical (unpaired) electrons. The Morgan fingerprint density at radius 3 is 2.48 bits per heavy atom. The standard InChI is InChI=1S/C19H32N3O13P3S2/c1-5-6-7-13-9-22(18(23)21-17(13)20)10-14-8-15(31-12-39-40-19(2,3)4)16(33-14)11-32-37(27,28)35-38(29,30)34-36(24,25)26/h9,14-16H,5,8,10-12H2,1-4H3,(H,27,28)(H,29,30)(H2,20,21,23)(H2,24,25,26)/t14-,15-,16-/m1/s1. The molecule has 0 bridgehead atoms. The Morgan fingerprint density at radius 1 is 1.20 bits per heavy atom. The van der Waals surface area contributed by atoms with E-state index in [2.05, 4.69) is 25.4 Å². The number of hydrogen-bond acceptors (Lipinski definition) is 13. The van der Waals surface area contributed by atoms with Gasteiger partial charge < -0.3 is 34.8 Å². The molecule has 2 heterocycles. The molecule has 1 fully saturated rings. The van der Waals surface area contributed by atoms with Crippen molar-refractivity contribution in [1.29, 1.82) is 0 Å². The van der Waals surface area contributed by atoms with E-state index in [1.807, 2.05) is 27.7 Å². The lowest BCUT2D eigenvalue weighted by Gasteiger charge is -2.22. The van der Waals surface area contributed by atoms with Crippen LogP contribution in [0.15, 0.2) is 11.0 Å². The highest BCUT2D eigenvalue weighted by molar-refractivity contribution is 8.77. The maximum Gasteiger partial charge on any atom is 0.490 e. The van der Waals surface area contributed by atoms with Crippen molar-refractivity contribution in [2.75, 3.05) is 18.3 Å². The number of hydrogen-bond donors (Lipinski definition) is 5. The molecule has 0 spiro atoms. The van der Waals surface area contributed by atoms with Gasteiger partial charge in [0.25, 0.3) is 0 Å². The van der Waals surface area contributed by atoms with Gasteiger partial charge in [-0.1, -0.05) is 61.1 Å². The van der Waals surface area contributed by atoms with E-state index in [0.717, 1.165) is 0 Å². The highest BCUT2D eigenvalue weighted by Gasteiger charge is 2.43. The summed E-state index contributed by atoms with van der Waals surface area (Å²) in [5.41, 5.74) is 5.50. The van der Waals surface area contributed by atoms with E-state index in [1.165, 1.54) is 21.6 Å². The molecule has 1 saturated heterocycles. The molecule has 0 amide bonds. The van der Waals surface area contributed by atoms with Gasteiger partial charge in [0, 0.05) is 23.8 Å². The van der Waals surface area contributed by atoms with Crippen LogP contribution in [0, 0.1) is 11.8 Å². The fourth-order valence-electron chi connectivity index (χ4n) is 3.16. The Hall–Kier alpha value is -0.730. The van der Waals surface area contributed by atoms with E-state index in [9.17, 15) is 28.3 Å². The quantitative estimate of drug-likeness (QED) is 0.0668. The van der Waals surface area contributed by atoms with Crippen LogP contribution in [0.5, 0.6) is 0 Å². The van der Waals surface area contributed by atoms with Crippen LogP contribution in [-0.2, 0) is 42.9 Å². The normalized spacial score (nSPS) is 22.8. The van der Waals surface area contributed by atoms with Gasteiger partial charge >= 0.3 is 29.2 Å². The van der Waals surface area contributed by atoms with Crippen molar-refractivity contribution in [3.8, 4) is 11.8 Å². The van der Waals surface area contributed by atoms with Crippen LogP contribution < -0.4 is 11.4 Å². The van der Waals surface area contributed by atoms with Crippen LogP contribution in [0.2, 0.25) is 0 Å². The minimum absolute atomic E-state index is 0.00240. The molecule has 0 aromatic carbocycles. The molecule has 1 aliphatic heterocycles. The fraction of sp³-hybridized carbons (Fsp3) is 0.684. The second-order valence-electron chi connectivity index (χ2n) is 9.19. The third kappa shape index (κ3) is 13.1. The van der Waals surface area contributed by atoms with E-state index in [4.69, 9.17) is 29.5 Å². The van der Waals surface area contributed by atoms with E-state index in [1.54, 1.807) is 10.8 Å². The zero-order chi connectivity index (χ0) is 30.4. The maximum atomic E-state index is 12.4. The molecule has 6 N–H and O–H groups in total. The van der Waals surface area contributed by atoms with Crippen molar-refractivity contribution in [2.24, 2.45) is 0 Å². The van der Waals surface area contributed by atoms with E-state index < -0.39 is 54.1 Å². The van der Waals surface area contributed by atoms with Gasteiger partial charge in [0.1, 0.15) is 17.9 Å². The molecule has 16 nitrogen and oxygen atoms in total. The summed E-state index contributed by atoms with van der Waals surface area (Å²) in [6.45, 7) is 7.21. The minimum atomic E-state index is -5.68. The first kappa shape index (κ1) is 35.5. The van der Waals surface area contributed by atoms with E-state index >= 15 is 0 Å². The van der Waals surface area contributed by atoms with Crippen molar-refractivity contribution in [2.45, 2.75) is 70.1 Å². The average molecular weight is 668 g/mol. The molecule has 228 valence electrons. The predicted octanol–water partition coefficient (Wildman–Crippen LogP) is 2.61. The Bertz CT molecular complexity index is 1290. The lowest BCUT2D eigenvalue weighted by Crippen LogP contribution is -2.30. The number of nitrogen functional groups attached to an aromatic ring is 1. The molecule has 1 aromatic heterocycles. The summed E-state index contributed by atoms with van der Waals surface area (Å²) in [6.07, 6.45) is -0.143. The molecular formula is C19H32N3O13P3S2. The number of nitrogens with zero attached hydrogens (tertiary/aromatic N) is 2. The monoisotopic (exact) mass is 667 g/mol. The van der Waals surface area contributed by atoms with Gasteiger partial charge in [0.05, 0.1) is 30.9 Å². The highest BCUT2D eigenvalue weighted by Crippen LogP contribution is 2.66. The Balaban J connectivity index is 2.15. The summed E-state index contributed by atoms with van der Waals surface area (Å²) in [6, 6.07) is 0. The third-order valence-electron chi connectivity index (χ3n) is 4.56. The van der Waals surface area contributed by atoms with E-state index in [0.29, 0.717) is 12.0 Å². The number of aromatic nitrogens is 2. The van der Waals surface area contributed by atoms with Crippen molar-refractivity contribution >= 4 is 50.9 Å². The summed E-state index contributed by atoms with van der Waals surface area (Å²) in [5.74, 6) is 5.86. The molecule has 2 unspecified atom stereocenters. The zero-order valence-corrected chi connectivity index (χ0v) is 26.3. The lowest BCUT2D eigenvalue weighted by molar-refractivity contribution is -0.0389. The van der Waals surface area contributed by atoms with Gasteiger partial charge in [0.2, 0.25) is 0 Å². The molecule has 0 aliphatic carbocycles. The van der Waals surface area contributed by atoms with Crippen LogP contribution >= 0.6 is 45.1 Å². The average Bonchev–Trinajstić information content (AvgIpc) is 3.15. The number of phosphoric ester groups is 1. The van der Waals surface area contributed by atoms with Crippen LogP contribution in [0.3, 0.4) is 0 Å². The molecule has 2 rings (SSSR count). The molecule has 40 heavy (non-hydrogen) atoms. The maximum absolute atomic E-state index is 12.4. The summed E-state index contributed by atoms with van der Waals surface area (Å²) in [5, 5.41) is 0. The second kappa shape index (κ2) is 14.6. The SMILES string of the molecule is CCC#Cc1cn(C[C@H]2C[C@@H](OCSSC(C)(C)C)[C@@H](COP(=O)(O)OP(=O)(O)OP(=O)(O)O)O2)c(=O)nc1N. The molecule has 1 aromatic rings. The number of phosphoric acid groups is 3. The molecule has 1 aliphatic rings. The van der Waals surface area contributed by atoms with Crippen molar-refractivity contribution in [3.63, 3.8) is 0 Å². The first-order chi connectivity index (χ1) is 18.3. The second-order valence-corrected chi connectivity index (χ2v) is 16.7. The van der Waals surface area contributed by atoms with Crippen LogP contribution in [0.1, 0.15) is 46.1 Å². The molecule has 0 saturated carbocycles. The van der Waals surface area contributed by atoms with E-state index in [-0.39, 0.29) is 29.5 Å². The zero-order valence-electron chi connectivity index (χ0n) is 21.9. The van der Waals surface area contributed by atoms with Gasteiger partial charge in [-0.25, -0.2) is 18.5 Å². The largest absolute Gasteiger partial charge is 0.490 e. The third-order valence-corrected chi connectivity index (χ3v) is 11.4. The smallest absolute Gasteiger partial charge is 0.382 e. The van der Waals surface area contributed by atoms with Crippen molar-refractivity contribution in [3.05, 3.63) is 22.2 Å². The van der Waals surface area contributed by atoms with Gasteiger partial charge in [-0.05, 0) is 0 Å².